The first-order valence-corrected chi connectivity index (χ1v) is 14.5. The van der Waals surface area contributed by atoms with E-state index in [0.29, 0.717) is 25.4 Å². The van der Waals surface area contributed by atoms with Crippen molar-refractivity contribution in [1.82, 2.24) is 14.7 Å². The van der Waals surface area contributed by atoms with E-state index in [1.165, 1.54) is 0 Å². The van der Waals surface area contributed by atoms with Crippen molar-refractivity contribution in [2.45, 2.75) is 84.5 Å². The lowest BCUT2D eigenvalue weighted by Gasteiger charge is -2.36. The molecule has 0 spiro atoms. The fourth-order valence-electron chi connectivity index (χ4n) is 5.76. The van der Waals surface area contributed by atoms with Gasteiger partial charge in [0.15, 0.2) is 0 Å². The Bertz CT molecular complexity index is 1400. The van der Waals surface area contributed by atoms with Gasteiger partial charge >= 0.3 is 6.09 Å². The summed E-state index contributed by atoms with van der Waals surface area (Å²) in [7, 11) is 0. The van der Waals surface area contributed by atoms with Gasteiger partial charge < -0.3 is 25.0 Å². The predicted octanol–water partition coefficient (Wildman–Crippen LogP) is 6.06. The fraction of sp³-hybridized carbons (Fsp3) is 0.469. The smallest absolute Gasteiger partial charge is 0.410 e. The number of carbonyl (C=O) groups is 2. The average molecular weight is 560 g/mol. The van der Waals surface area contributed by atoms with Crippen LogP contribution >= 0.6 is 0 Å². The van der Waals surface area contributed by atoms with Crippen LogP contribution < -0.4 is 15.4 Å². The third kappa shape index (κ3) is 6.25. The maximum Gasteiger partial charge on any atom is 0.410 e. The van der Waals surface area contributed by atoms with Gasteiger partial charge in [0.1, 0.15) is 17.1 Å². The van der Waals surface area contributed by atoms with Crippen molar-refractivity contribution in [3.05, 3.63) is 59.9 Å². The molecule has 0 aliphatic carbocycles. The van der Waals surface area contributed by atoms with Crippen molar-refractivity contribution in [2.24, 2.45) is 5.73 Å². The van der Waals surface area contributed by atoms with E-state index in [2.05, 4.69) is 13.1 Å². The van der Waals surface area contributed by atoms with Crippen LogP contribution in [-0.4, -0.2) is 51.4 Å². The molecule has 0 radical (unpaired) electrons. The van der Waals surface area contributed by atoms with Gasteiger partial charge in [-0.2, -0.15) is 5.10 Å². The van der Waals surface area contributed by atoms with Gasteiger partial charge in [0.25, 0.3) is 0 Å². The number of amides is 2. The molecule has 0 unspecified atom stereocenters. The number of ether oxygens (including phenoxy) is 2. The van der Waals surface area contributed by atoms with Crippen molar-refractivity contribution >= 4 is 17.7 Å². The van der Waals surface area contributed by atoms with E-state index in [1.807, 2.05) is 72.9 Å². The third-order valence-electron chi connectivity index (χ3n) is 7.87. The summed E-state index contributed by atoms with van der Waals surface area (Å²) in [5.74, 6) is 1.49. The zero-order valence-electron chi connectivity index (χ0n) is 24.7. The first kappa shape index (κ1) is 28.7. The molecule has 41 heavy (non-hydrogen) atoms. The van der Waals surface area contributed by atoms with Gasteiger partial charge in [-0.15, -0.1) is 0 Å². The quantitative estimate of drug-likeness (QED) is 0.408. The molecule has 1 atom stereocenters. The normalized spacial score (nSPS) is 17.8. The van der Waals surface area contributed by atoms with Crippen LogP contribution in [0.25, 0.3) is 11.1 Å². The summed E-state index contributed by atoms with van der Waals surface area (Å²) in [5.41, 5.74) is 10.1. The molecule has 3 heterocycles. The number of piperidine rings is 1. The van der Waals surface area contributed by atoms with Gasteiger partial charge in [-0.3, -0.25) is 9.48 Å². The maximum atomic E-state index is 12.6. The van der Waals surface area contributed by atoms with E-state index in [0.717, 1.165) is 59.4 Å². The van der Waals surface area contributed by atoms with E-state index in [-0.39, 0.29) is 24.1 Å². The second-order valence-electron chi connectivity index (χ2n) is 12.1. The molecule has 0 saturated carbocycles. The number of benzene rings is 2. The van der Waals surface area contributed by atoms with Crippen LogP contribution in [0.4, 0.5) is 10.5 Å². The molecule has 2 amide bonds. The van der Waals surface area contributed by atoms with E-state index in [1.54, 1.807) is 11.8 Å². The Kier molecular flexibility index (Phi) is 8.09. The summed E-state index contributed by atoms with van der Waals surface area (Å²) in [6.07, 6.45) is 6.94. The molecular formula is C32H41N5O4. The van der Waals surface area contributed by atoms with Crippen molar-refractivity contribution in [3.63, 3.8) is 0 Å². The van der Waals surface area contributed by atoms with Crippen LogP contribution in [0.1, 0.15) is 71.0 Å². The lowest BCUT2D eigenvalue weighted by molar-refractivity contribution is -0.117. The number of anilines is 1. The summed E-state index contributed by atoms with van der Waals surface area (Å²) in [6, 6.07) is 12.2. The zero-order valence-corrected chi connectivity index (χ0v) is 24.7. The maximum absolute atomic E-state index is 12.6. The van der Waals surface area contributed by atoms with Gasteiger partial charge in [0.05, 0.1) is 17.9 Å². The number of nitrogens with zero attached hydrogens (tertiary/aromatic N) is 4. The zero-order chi connectivity index (χ0) is 29.3. The molecular weight excluding hydrogens is 518 g/mol. The molecule has 2 N–H and O–H groups in total. The van der Waals surface area contributed by atoms with Gasteiger partial charge in [0, 0.05) is 55.5 Å². The number of carbonyl (C=O) groups excluding carboxylic acids is 2. The van der Waals surface area contributed by atoms with Gasteiger partial charge in [0.2, 0.25) is 5.91 Å². The van der Waals surface area contributed by atoms with E-state index >= 15 is 0 Å². The highest BCUT2D eigenvalue weighted by molar-refractivity contribution is 5.95. The molecule has 3 aromatic rings. The number of nitrogens with two attached hydrogens (primary N) is 1. The Morgan fingerprint density at radius 1 is 1.05 bits per heavy atom. The van der Waals surface area contributed by atoms with Crippen molar-refractivity contribution in [2.75, 3.05) is 18.0 Å². The van der Waals surface area contributed by atoms with Gasteiger partial charge in [-0.25, -0.2) is 4.79 Å². The number of rotatable bonds is 5. The highest BCUT2D eigenvalue weighted by atomic mass is 16.6. The molecule has 0 bridgehead atoms. The molecule has 5 rings (SSSR count). The number of hydrogen-bond donors (Lipinski definition) is 1. The molecule has 1 saturated heterocycles. The second-order valence-corrected chi connectivity index (χ2v) is 12.1. The van der Waals surface area contributed by atoms with Crippen LogP contribution in [0.15, 0.2) is 48.8 Å². The topological polar surface area (TPSA) is 103 Å². The number of hydrogen-bond acceptors (Lipinski definition) is 6. The molecule has 9 nitrogen and oxygen atoms in total. The van der Waals surface area contributed by atoms with Crippen LogP contribution in [0.3, 0.4) is 0 Å². The molecule has 2 aromatic carbocycles. The Hall–Kier alpha value is -3.85. The SMILES string of the molecule is CC(=O)N1c2ccc(-c3cnn(C4CCN(C(=O)OC(C)(C)C)CC4)c3)c(Oc3ccc(CN)cc3)c2CC[C@@H]1C. The Morgan fingerprint density at radius 3 is 2.39 bits per heavy atom. The standard InChI is InChI=1S/C32H41N5O4/c1-21-6-11-28-29(37(21)22(2)38)13-12-27(30(28)40-26-9-7-23(18-33)8-10-26)24-19-34-36(20-24)25-14-16-35(17-15-25)31(39)41-32(3,4)5/h7-10,12-13,19-21,25H,6,11,14-18,33H2,1-5H3/t21-/m0/s1. The summed E-state index contributed by atoms with van der Waals surface area (Å²) in [5, 5.41) is 4.73. The minimum atomic E-state index is -0.509. The molecule has 1 aromatic heterocycles. The summed E-state index contributed by atoms with van der Waals surface area (Å²) < 4.78 is 14.1. The number of fused-ring (bicyclic) bond motifs is 1. The summed E-state index contributed by atoms with van der Waals surface area (Å²) in [6.45, 7) is 11.1. The van der Waals surface area contributed by atoms with Gasteiger partial charge in [-0.1, -0.05) is 12.1 Å². The Balaban J connectivity index is 1.43. The molecule has 2 aliphatic rings. The first-order valence-electron chi connectivity index (χ1n) is 14.5. The predicted molar refractivity (Wildman–Crippen MR) is 159 cm³/mol. The number of likely N-dealkylation sites (tertiary alicyclic amines) is 1. The van der Waals surface area contributed by atoms with Crippen LogP contribution in [-0.2, 0) is 22.5 Å². The van der Waals surface area contributed by atoms with Crippen LogP contribution in [0, 0.1) is 0 Å². The molecule has 2 aliphatic heterocycles. The lowest BCUT2D eigenvalue weighted by Crippen LogP contribution is -2.42. The molecule has 218 valence electrons. The highest BCUT2D eigenvalue weighted by Gasteiger charge is 2.31. The van der Waals surface area contributed by atoms with E-state index in [9.17, 15) is 9.59 Å². The van der Waals surface area contributed by atoms with E-state index < -0.39 is 5.60 Å². The lowest BCUT2D eigenvalue weighted by atomic mass is 9.92. The largest absolute Gasteiger partial charge is 0.456 e. The minimum Gasteiger partial charge on any atom is -0.456 e. The Labute approximate surface area is 242 Å². The third-order valence-corrected chi connectivity index (χ3v) is 7.87. The molecule has 1 fully saturated rings. The minimum absolute atomic E-state index is 0.0231. The Morgan fingerprint density at radius 2 is 1.76 bits per heavy atom. The average Bonchev–Trinajstić information content (AvgIpc) is 3.42. The van der Waals surface area contributed by atoms with E-state index in [4.69, 9.17) is 20.3 Å². The summed E-state index contributed by atoms with van der Waals surface area (Å²) in [4.78, 5) is 28.8. The van der Waals surface area contributed by atoms with Crippen LogP contribution in [0.2, 0.25) is 0 Å². The van der Waals surface area contributed by atoms with Gasteiger partial charge in [-0.05, 0) is 83.2 Å². The summed E-state index contributed by atoms with van der Waals surface area (Å²) >= 11 is 0. The highest BCUT2D eigenvalue weighted by Crippen LogP contribution is 2.45. The van der Waals surface area contributed by atoms with Crippen molar-refractivity contribution in [3.8, 4) is 22.6 Å². The van der Waals surface area contributed by atoms with Crippen molar-refractivity contribution in [1.29, 1.82) is 0 Å². The van der Waals surface area contributed by atoms with Crippen LogP contribution in [0.5, 0.6) is 11.5 Å². The second kappa shape index (κ2) is 11.6. The molecule has 9 heteroatoms. The monoisotopic (exact) mass is 559 g/mol. The fourth-order valence-corrected chi connectivity index (χ4v) is 5.76. The number of aromatic nitrogens is 2. The first-order chi connectivity index (χ1) is 19.5. The van der Waals surface area contributed by atoms with Crippen molar-refractivity contribution < 1.29 is 19.1 Å².